The van der Waals surface area contributed by atoms with Gasteiger partial charge in [0.15, 0.2) is 0 Å². The Hall–Kier alpha value is -2.69. The van der Waals surface area contributed by atoms with Crippen LogP contribution in [0.1, 0.15) is 12.6 Å². The molecule has 112 valence electrons. The van der Waals surface area contributed by atoms with Crippen LogP contribution >= 0.6 is 0 Å². The Morgan fingerprint density at radius 1 is 1.09 bits per heavy atom. The molecule has 0 aliphatic heterocycles. The van der Waals surface area contributed by atoms with E-state index in [1.54, 1.807) is 12.5 Å². The van der Waals surface area contributed by atoms with E-state index in [1.807, 2.05) is 36.4 Å². The number of nitrogens with zero attached hydrogens (tertiary/aromatic N) is 3. The molecule has 3 rings (SSSR count). The summed E-state index contributed by atoms with van der Waals surface area (Å²) in [5, 5.41) is 4.32. The molecule has 2 aromatic heterocycles. The molecule has 0 fully saturated rings. The summed E-state index contributed by atoms with van der Waals surface area (Å²) in [7, 11) is 0. The van der Waals surface area contributed by atoms with Gasteiger partial charge in [-0.15, -0.1) is 0 Å². The number of aryl methyl sites for hydroxylation is 1. The number of hydrogen-bond donors (Lipinski definition) is 1. The lowest BCUT2D eigenvalue weighted by molar-refractivity contribution is 0.336. The largest absolute Gasteiger partial charge is 0.489 e. The zero-order chi connectivity index (χ0) is 15.2. The fourth-order valence-corrected chi connectivity index (χ4v) is 2.22. The topological polar surface area (TPSA) is 59.9 Å². The van der Waals surface area contributed by atoms with Gasteiger partial charge in [-0.3, -0.25) is 4.98 Å². The van der Waals surface area contributed by atoms with Crippen molar-refractivity contribution in [1.82, 2.24) is 15.0 Å². The SMILES string of the molecule is CCc1cc(NCCOc2cccc3cccnc23)ncn1. The van der Waals surface area contributed by atoms with Crippen molar-refractivity contribution in [3.63, 3.8) is 0 Å². The zero-order valence-electron chi connectivity index (χ0n) is 12.5. The van der Waals surface area contributed by atoms with Crippen molar-refractivity contribution in [3.05, 3.63) is 54.6 Å². The number of aromatic nitrogens is 3. The average molecular weight is 294 g/mol. The summed E-state index contributed by atoms with van der Waals surface area (Å²) in [6, 6.07) is 11.9. The molecule has 5 heteroatoms. The van der Waals surface area contributed by atoms with E-state index < -0.39 is 0 Å². The molecule has 1 N–H and O–H groups in total. The quantitative estimate of drug-likeness (QED) is 0.708. The highest BCUT2D eigenvalue weighted by Crippen LogP contribution is 2.22. The molecule has 0 atom stereocenters. The standard InChI is InChI=1S/C17H18N4O/c1-2-14-11-16(21-12-20-14)18-9-10-22-15-7-3-5-13-6-4-8-19-17(13)15/h3-8,11-12H,2,9-10H2,1H3,(H,18,20,21). The molecular formula is C17H18N4O. The van der Waals surface area contributed by atoms with Crippen molar-refractivity contribution in [2.24, 2.45) is 0 Å². The molecule has 0 saturated carbocycles. The lowest BCUT2D eigenvalue weighted by Gasteiger charge is -2.10. The first kappa shape index (κ1) is 14.3. The van der Waals surface area contributed by atoms with Crippen molar-refractivity contribution in [3.8, 4) is 5.75 Å². The average Bonchev–Trinajstić information content (AvgIpc) is 2.59. The Labute approximate surface area is 129 Å². The van der Waals surface area contributed by atoms with Crippen LogP contribution in [0, 0.1) is 0 Å². The number of anilines is 1. The van der Waals surface area contributed by atoms with E-state index in [2.05, 4.69) is 27.2 Å². The molecule has 0 aliphatic rings. The first-order valence-electron chi connectivity index (χ1n) is 7.38. The predicted molar refractivity (Wildman–Crippen MR) is 87.1 cm³/mol. The summed E-state index contributed by atoms with van der Waals surface area (Å²) in [4.78, 5) is 12.7. The van der Waals surface area contributed by atoms with Crippen molar-refractivity contribution in [2.45, 2.75) is 13.3 Å². The van der Waals surface area contributed by atoms with Gasteiger partial charge in [-0.1, -0.05) is 25.1 Å². The molecule has 2 heterocycles. The van der Waals surface area contributed by atoms with Gasteiger partial charge in [-0.2, -0.15) is 0 Å². The van der Waals surface area contributed by atoms with Gasteiger partial charge in [0, 0.05) is 23.3 Å². The Kier molecular flexibility index (Phi) is 4.44. The van der Waals surface area contributed by atoms with Gasteiger partial charge in [0.2, 0.25) is 0 Å². The summed E-state index contributed by atoms with van der Waals surface area (Å²) >= 11 is 0. The Balaban J connectivity index is 1.58. The third-order valence-electron chi connectivity index (χ3n) is 3.35. The Morgan fingerprint density at radius 3 is 2.91 bits per heavy atom. The van der Waals surface area contributed by atoms with Crippen molar-refractivity contribution in [2.75, 3.05) is 18.5 Å². The van der Waals surface area contributed by atoms with Crippen LogP contribution in [0.15, 0.2) is 48.9 Å². The van der Waals surface area contributed by atoms with Gasteiger partial charge in [0.05, 0.1) is 6.54 Å². The Morgan fingerprint density at radius 2 is 2.00 bits per heavy atom. The zero-order valence-corrected chi connectivity index (χ0v) is 12.5. The van der Waals surface area contributed by atoms with Crippen LogP contribution in [0.5, 0.6) is 5.75 Å². The van der Waals surface area contributed by atoms with E-state index in [9.17, 15) is 0 Å². The fourth-order valence-electron chi connectivity index (χ4n) is 2.22. The molecule has 0 unspecified atom stereocenters. The summed E-state index contributed by atoms with van der Waals surface area (Å²) < 4.78 is 5.83. The molecule has 0 saturated heterocycles. The highest BCUT2D eigenvalue weighted by molar-refractivity contribution is 5.84. The minimum Gasteiger partial charge on any atom is -0.489 e. The van der Waals surface area contributed by atoms with Gasteiger partial charge >= 0.3 is 0 Å². The predicted octanol–water partition coefficient (Wildman–Crippen LogP) is 3.08. The number of benzene rings is 1. The number of pyridine rings is 1. The molecule has 0 radical (unpaired) electrons. The third-order valence-corrected chi connectivity index (χ3v) is 3.35. The lowest BCUT2D eigenvalue weighted by atomic mass is 10.2. The number of nitrogens with one attached hydrogen (secondary N) is 1. The number of ether oxygens (including phenoxy) is 1. The van der Waals surface area contributed by atoms with E-state index in [1.165, 1.54) is 0 Å². The van der Waals surface area contributed by atoms with Gasteiger partial charge < -0.3 is 10.1 Å². The van der Waals surface area contributed by atoms with Crippen LogP contribution in [0.2, 0.25) is 0 Å². The molecule has 22 heavy (non-hydrogen) atoms. The van der Waals surface area contributed by atoms with Crippen LogP contribution in [0.3, 0.4) is 0 Å². The highest BCUT2D eigenvalue weighted by atomic mass is 16.5. The van der Waals surface area contributed by atoms with Crippen molar-refractivity contribution >= 4 is 16.7 Å². The molecule has 3 aromatic rings. The molecule has 5 nitrogen and oxygen atoms in total. The minimum atomic E-state index is 0.543. The maximum Gasteiger partial charge on any atom is 0.145 e. The first-order chi connectivity index (χ1) is 10.9. The summed E-state index contributed by atoms with van der Waals surface area (Å²) in [5.74, 6) is 1.63. The molecule has 0 spiro atoms. The molecule has 0 amide bonds. The third kappa shape index (κ3) is 3.31. The van der Waals surface area contributed by atoms with Crippen LogP contribution in [-0.2, 0) is 6.42 Å². The van der Waals surface area contributed by atoms with Crippen LogP contribution in [-0.4, -0.2) is 28.1 Å². The summed E-state index contributed by atoms with van der Waals surface area (Å²) in [6.07, 6.45) is 4.26. The number of hydrogen-bond acceptors (Lipinski definition) is 5. The molecule has 1 aromatic carbocycles. The normalized spacial score (nSPS) is 10.6. The highest BCUT2D eigenvalue weighted by Gasteiger charge is 2.02. The molecule has 0 bridgehead atoms. The van der Waals surface area contributed by atoms with E-state index >= 15 is 0 Å². The van der Waals surface area contributed by atoms with E-state index in [0.29, 0.717) is 13.2 Å². The second kappa shape index (κ2) is 6.85. The van der Waals surface area contributed by atoms with Gasteiger partial charge in [0.1, 0.15) is 30.0 Å². The number of para-hydroxylation sites is 1. The second-order valence-corrected chi connectivity index (χ2v) is 4.85. The van der Waals surface area contributed by atoms with Gasteiger partial charge in [-0.25, -0.2) is 9.97 Å². The van der Waals surface area contributed by atoms with E-state index in [4.69, 9.17) is 4.74 Å². The van der Waals surface area contributed by atoms with Crippen molar-refractivity contribution in [1.29, 1.82) is 0 Å². The second-order valence-electron chi connectivity index (χ2n) is 4.85. The summed E-state index contributed by atoms with van der Waals surface area (Å²) in [6.45, 7) is 3.28. The number of rotatable bonds is 6. The van der Waals surface area contributed by atoms with Crippen molar-refractivity contribution < 1.29 is 4.74 Å². The van der Waals surface area contributed by atoms with Gasteiger partial charge in [-0.05, 0) is 18.6 Å². The van der Waals surface area contributed by atoms with E-state index in [-0.39, 0.29) is 0 Å². The fraction of sp³-hybridized carbons (Fsp3) is 0.235. The lowest BCUT2D eigenvalue weighted by Crippen LogP contribution is -2.13. The van der Waals surface area contributed by atoms with Gasteiger partial charge in [0.25, 0.3) is 0 Å². The molecule has 0 aliphatic carbocycles. The van der Waals surface area contributed by atoms with Crippen LogP contribution < -0.4 is 10.1 Å². The van der Waals surface area contributed by atoms with Crippen LogP contribution in [0.25, 0.3) is 10.9 Å². The van der Waals surface area contributed by atoms with Crippen LogP contribution in [0.4, 0.5) is 5.82 Å². The monoisotopic (exact) mass is 294 g/mol. The number of fused-ring (bicyclic) bond motifs is 1. The first-order valence-corrected chi connectivity index (χ1v) is 7.38. The maximum absolute atomic E-state index is 5.83. The smallest absolute Gasteiger partial charge is 0.145 e. The van der Waals surface area contributed by atoms with E-state index in [0.717, 1.165) is 34.6 Å². The summed E-state index contributed by atoms with van der Waals surface area (Å²) in [5.41, 5.74) is 1.91. The Bertz CT molecular complexity index is 755. The minimum absolute atomic E-state index is 0.543. The molecular weight excluding hydrogens is 276 g/mol. The maximum atomic E-state index is 5.83.